The Kier molecular flexibility index (Phi) is 14.9. The SMILES string of the molecule is CCOC(=O)C(=CC(=O)N(Cc1ccc(OC)cc1)[C@@H](COCc1ccccc1)C(=O)O[Si](c1ccccc1)(c1ccccc1)C(C)(C)C)C(=O)OCC. The van der Waals surface area contributed by atoms with Crippen LogP contribution in [0.3, 0.4) is 0 Å². The third-order valence-corrected chi connectivity index (χ3v) is 13.7. The summed E-state index contributed by atoms with van der Waals surface area (Å²) in [7, 11) is -1.93. The van der Waals surface area contributed by atoms with Crippen LogP contribution < -0.4 is 15.1 Å². The van der Waals surface area contributed by atoms with E-state index in [1.165, 1.54) is 4.90 Å². The molecule has 0 bridgehead atoms. The van der Waals surface area contributed by atoms with Crippen LogP contribution in [-0.4, -0.2) is 70.0 Å². The fourth-order valence-electron chi connectivity index (χ4n) is 6.11. The average Bonchev–Trinajstić information content (AvgIpc) is 3.17. The van der Waals surface area contributed by atoms with Crippen molar-refractivity contribution in [3.8, 4) is 5.75 Å². The van der Waals surface area contributed by atoms with Crippen molar-refractivity contribution in [3.05, 3.63) is 138 Å². The normalized spacial score (nSPS) is 11.8. The predicted molar refractivity (Wildman–Crippen MR) is 208 cm³/mol. The van der Waals surface area contributed by atoms with Crippen LogP contribution in [0.5, 0.6) is 5.75 Å². The van der Waals surface area contributed by atoms with Gasteiger partial charge >= 0.3 is 26.2 Å². The Morgan fingerprint density at radius 2 is 1.20 bits per heavy atom. The fraction of sp³-hybridized carbons (Fsp3) is 0.302. The summed E-state index contributed by atoms with van der Waals surface area (Å²) in [6.45, 7) is 8.97. The van der Waals surface area contributed by atoms with Gasteiger partial charge in [0.05, 0.1) is 33.5 Å². The molecule has 1 atom stereocenters. The lowest BCUT2D eigenvalue weighted by atomic mass is 10.1. The number of rotatable bonds is 17. The van der Waals surface area contributed by atoms with Gasteiger partial charge in [0.15, 0.2) is 6.04 Å². The molecule has 0 saturated carbocycles. The lowest BCUT2D eigenvalue weighted by Crippen LogP contribution is -2.68. The minimum absolute atomic E-state index is 0.0416. The molecule has 1 amide bonds. The van der Waals surface area contributed by atoms with Crippen molar-refractivity contribution in [2.75, 3.05) is 26.9 Å². The Morgan fingerprint density at radius 3 is 1.67 bits per heavy atom. The zero-order valence-electron chi connectivity index (χ0n) is 31.8. The van der Waals surface area contributed by atoms with Crippen molar-refractivity contribution in [3.63, 3.8) is 0 Å². The molecule has 4 rings (SSSR count). The van der Waals surface area contributed by atoms with Crippen LogP contribution >= 0.6 is 0 Å². The summed E-state index contributed by atoms with van der Waals surface area (Å²) in [4.78, 5) is 56.9. The van der Waals surface area contributed by atoms with Gasteiger partial charge < -0.3 is 28.3 Å². The van der Waals surface area contributed by atoms with Crippen molar-refractivity contribution >= 4 is 42.5 Å². The highest BCUT2D eigenvalue weighted by Gasteiger charge is 2.54. The molecule has 11 heteroatoms. The minimum Gasteiger partial charge on any atom is -0.508 e. The summed E-state index contributed by atoms with van der Waals surface area (Å²) in [6.07, 6.45) is 0.861. The van der Waals surface area contributed by atoms with Gasteiger partial charge in [-0.25, -0.2) is 9.59 Å². The molecule has 54 heavy (non-hydrogen) atoms. The lowest BCUT2D eigenvalue weighted by molar-refractivity contribution is -0.150. The summed E-state index contributed by atoms with van der Waals surface area (Å²) in [6, 6.07) is 34.4. The van der Waals surface area contributed by atoms with Crippen molar-refractivity contribution in [2.24, 2.45) is 0 Å². The number of hydrogen-bond donors (Lipinski definition) is 0. The van der Waals surface area contributed by atoms with Gasteiger partial charge in [0, 0.05) is 12.6 Å². The van der Waals surface area contributed by atoms with Crippen LogP contribution in [0.15, 0.2) is 127 Å². The molecule has 0 fully saturated rings. The maximum atomic E-state index is 15.1. The van der Waals surface area contributed by atoms with E-state index in [1.54, 1.807) is 45.2 Å². The molecule has 0 aliphatic carbocycles. The molecule has 0 aliphatic heterocycles. The van der Waals surface area contributed by atoms with E-state index in [2.05, 4.69) is 0 Å². The molecule has 0 aliphatic rings. The Morgan fingerprint density at radius 1 is 0.704 bits per heavy atom. The summed E-state index contributed by atoms with van der Waals surface area (Å²) in [5.74, 6) is -2.99. The van der Waals surface area contributed by atoms with Gasteiger partial charge in [-0.2, -0.15) is 0 Å². The van der Waals surface area contributed by atoms with E-state index >= 15 is 4.79 Å². The van der Waals surface area contributed by atoms with Gasteiger partial charge in [-0.05, 0) is 52.5 Å². The molecule has 284 valence electrons. The topological polar surface area (TPSA) is 118 Å². The molecule has 4 aromatic rings. The molecule has 4 aromatic carbocycles. The molecule has 0 aromatic heterocycles. The Labute approximate surface area is 318 Å². The maximum Gasteiger partial charge on any atom is 0.345 e. The zero-order chi connectivity index (χ0) is 39.1. The first kappa shape index (κ1) is 41.2. The van der Waals surface area contributed by atoms with Gasteiger partial charge in [-0.3, -0.25) is 9.59 Å². The van der Waals surface area contributed by atoms with Crippen molar-refractivity contribution in [2.45, 2.75) is 58.9 Å². The monoisotopic (exact) mass is 751 g/mol. The molecular formula is C43H49NO9Si. The summed E-state index contributed by atoms with van der Waals surface area (Å²) in [5, 5.41) is 1.15. The lowest BCUT2D eigenvalue weighted by Gasteiger charge is -2.43. The first-order valence-electron chi connectivity index (χ1n) is 17.9. The Hall–Kier alpha value is -5.52. The van der Waals surface area contributed by atoms with Crippen LogP contribution in [-0.2, 0) is 51.0 Å². The summed E-state index contributed by atoms with van der Waals surface area (Å²) in [5.41, 5.74) is 0.891. The van der Waals surface area contributed by atoms with E-state index in [0.29, 0.717) is 11.3 Å². The smallest absolute Gasteiger partial charge is 0.345 e. The van der Waals surface area contributed by atoms with E-state index in [9.17, 15) is 14.4 Å². The second-order valence-electron chi connectivity index (χ2n) is 13.4. The van der Waals surface area contributed by atoms with Gasteiger partial charge in [0.2, 0.25) is 5.91 Å². The van der Waals surface area contributed by atoms with Gasteiger partial charge in [0.1, 0.15) is 11.3 Å². The maximum absolute atomic E-state index is 15.1. The number of carbonyl (C=O) groups excluding carboxylic acids is 4. The Bertz CT molecular complexity index is 1800. The van der Waals surface area contributed by atoms with Gasteiger partial charge in [-0.1, -0.05) is 124 Å². The van der Waals surface area contributed by atoms with Gasteiger partial charge in [-0.15, -0.1) is 0 Å². The summed E-state index contributed by atoms with van der Waals surface area (Å²) >= 11 is 0. The second kappa shape index (κ2) is 19.5. The largest absolute Gasteiger partial charge is 0.508 e. The van der Waals surface area contributed by atoms with E-state index in [1.807, 2.05) is 112 Å². The van der Waals surface area contributed by atoms with Crippen LogP contribution in [0.25, 0.3) is 0 Å². The first-order valence-corrected chi connectivity index (χ1v) is 19.8. The van der Waals surface area contributed by atoms with Crippen molar-refractivity contribution in [1.82, 2.24) is 4.90 Å². The average molecular weight is 752 g/mol. The number of hydrogen-bond acceptors (Lipinski definition) is 9. The Balaban J connectivity index is 1.90. The number of esters is 2. The number of carbonyl (C=O) groups is 4. The van der Waals surface area contributed by atoms with E-state index in [-0.39, 0.29) is 33.0 Å². The van der Waals surface area contributed by atoms with E-state index in [0.717, 1.165) is 22.0 Å². The first-order chi connectivity index (χ1) is 25.9. The molecule has 0 heterocycles. The quantitative estimate of drug-likeness (QED) is 0.0436. The van der Waals surface area contributed by atoms with Crippen LogP contribution in [0.4, 0.5) is 0 Å². The summed E-state index contributed by atoms with van der Waals surface area (Å²) < 4.78 is 28.7. The van der Waals surface area contributed by atoms with Gasteiger partial charge in [0.25, 0.3) is 0 Å². The molecule has 0 N–H and O–H groups in total. The molecular weight excluding hydrogens is 703 g/mol. The standard InChI is InChI=1S/C43H49NO9Si/c1-7-51-40(46)37(41(47)52-8-2)28-39(45)44(29-32-24-26-34(49-6)27-25-32)38(31-50-30-33-18-12-9-13-19-33)42(48)53-54(43(3,4)5,35-20-14-10-15-21-35)36-22-16-11-17-23-36/h9-28,38H,7-8,29-31H2,1-6H3/t38-/m0/s1. The highest BCUT2D eigenvalue weighted by Crippen LogP contribution is 2.37. The molecule has 0 unspecified atom stereocenters. The second-order valence-corrected chi connectivity index (χ2v) is 17.6. The molecule has 10 nitrogen and oxygen atoms in total. The molecule has 0 spiro atoms. The number of methoxy groups -OCH3 is 1. The van der Waals surface area contributed by atoms with E-state index in [4.69, 9.17) is 23.4 Å². The van der Waals surface area contributed by atoms with Crippen LogP contribution in [0.1, 0.15) is 45.7 Å². The van der Waals surface area contributed by atoms with Crippen LogP contribution in [0, 0.1) is 0 Å². The number of ether oxygens (including phenoxy) is 4. The predicted octanol–water partition coefficient (Wildman–Crippen LogP) is 5.77. The third kappa shape index (κ3) is 10.3. The highest BCUT2D eigenvalue weighted by atomic mass is 28.4. The van der Waals surface area contributed by atoms with Crippen molar-refractivity contribution < 1.29 is 42.6 Å². The van der Waals surface area contributed by atoms with Crippen molar-refractivity contribution in [1.29, 1.82) is 0 Å². The van der Waals surface area contributed by atoms with E-state index < -0.39 is 48.8 Å². The molecule has 0 radical (unpaired) electrons. The fourth-order valence-corrected chi connectivity index (χ4v) is 10.5. The highest BCUT2D eigenvalue weighted by molar-refractivity contribution is 7.00. The third-order valence-electron chi connectivity index (χ3n) is 8.76. The number of nitrogens with zero attached hydrogens (tertiary/aromatic N) is 1. The molecule has 0 saturated heterocycles. The number of benzene rings is 4. The van der Waals surface area contributed by atoms with Crippen LogP contribution in [0.2, 0.25) is 5.04 Å². The zero-order valence-corrected chi connectivity index (χ0v) is 32.8. The minimum atomic E-state index is -3.48. The number of amides is 1.